The van der Waals surface area contributed by atoms with E-state index in [2.05, 4.69) is 38.7 Å². The smallest absolute Gasteiger partial charge is 0.0713 e. The van der Waals surface area contributed by atoms with Gasteiger partial charge in [0.05, 0.1) is 8.07 Å². The number of hydrogen-bond donors (Lipinski definition) is 0. The molecule has 0 rings (SSSR count). The molecule has 84 valence electrons. The van der Waals surface area contributed by atoms with Crippen LogP contribution in [0.1, 0.15) is 52.4 Å². The summed E-state index contributed by atoms with van der Waals surface area (Å²) in [5, 5.41) is 0. The van der Waals surface area contributed by atoms with Crippen LogP contribution in [0.25, 0.3) is 0 Å². The molecule has 0 saturated heterocycles. The first-order valence-electron chi connectivity index (χ1n) is 6.26. The standard InChI is InChI=1S/C13H28Si/c1-5-7-8-9-10-11-13-14(3,4)12-6-2/h6,12H,5,7-11,13H2,1-4H3. The normalized spacial score (nSPS) is 12.6. The van der Waals surface area contributed by atoms with Crippen LogP contribution in [0.5, 0.6) is 0 Å². The highest BCUT2D eigenvalue weighted by Gasteiger charge is 2.14. The minimum absolute atomic E-state index is 0.952. The van der Waals surface area contributed by atoms with E-state index in [0.717, 1.165) is 0 Å². The van der Waals surface area contributed by atoms with E-state index < -0.39 is 8.07 Å². The summed E-state index contributed by atoms with van der Waals surface area (Å²) in [5.74, 6) is 0. The van der Waals surface area contributed by atoms with E-state index >= 15 is 0 Å². The molecule has 0 fully saturated rings. The molecule has 0 saturated carbocycles. The largest absolute Gasteiger partial charge is 0.0989 e. The van der Waals surface area contributed by atoms with E-state index in [4.69, 9.17) is 0 Å². The van der Waals surface area contributed by atoms with Gasteiger partial charge in [-0.25, -0.2) is 0 Å². The topological polar surface area (TPSA) is 0 Å². The lowest BCUT2D eigenvalue weighted by atomic mass is 10.1. The highest BCUT2D eigenvalue weighted by atomic mass is 28.3. The number of hydrogen-bond acceptors (Lipinski definition) is 0. The summed E-state index contributed by atoms with van der Waals surface area (Å²) in [4.78, 5) is 0. The summed E-state index contributed by atoms with van der Waals surface area (Å²) in [6, 6.07) is 1.48. The number of unbranched alkanes of at least 4 members (excludes halogenated alkanes) is 5. The third-order valence-electron chi connectivity index (χ3n) is 2.79. The average Bonchev–Trinajstić information content (AvgIpc) is 2.11. The first-order valence-corrected chi connectivity index (χ1v) is 9.54. The van der Waals surface area contributed by atoms with Crippen LogP contribution >= 0.6 is 0 Å². The number of allylic oxidation sites excluding steroid dienone is 1. The second-order valence-corrected chi connectivity index (χ2v) is 9.82. The molecule has 0 unspecified atom stereocenters. The first kappa shape index (κ1) is 14.0. The van der Waals surface area contributed by atoms with Gasteiger partial charge >= 0.3 is 0 Å². The monoisotopic (exact) mass is 212 g/mol. The van der Waals surface area contributed by atoms with Crippen LogP contribution in [0, 0.1) is 0 Å². The molecule has 0 nitrogen and oxygen atoms in total. The molecule has 0 N–H and O–H groups in total. The van der Waals surface area contributed by atoms with Gasteiger partial charge in [-0.05, 0) is 6.92 Å². The predicted octanol–water partition coefficient (Wildman–Crippen LogP) is 5.17. The summed E-state index contributed by atoms with van der Waals surface area (Å²) in [6.45, 7) is 9.37. The second-order valence-electron chi connectivity index (χ2n) is 5.01. The van der Waals surface area contributed by atoms with Crippen molar-refractivity contribution in [1.29, 1.82) is 0 Å². The van der Waals surface area contributed by atoms with E-state index in [1.165, 1.54) is 44.6 Å². The summed E-state index contributed by atoms with van der Waals surface area (Å²) in [6.07, 6.45) is 10.8. The summed E-state index contributed by atoms with van der Waals surface area (Å²) >= 11 is 0. The zero-order valence-corrected chi connectivity index (χ0v) is 11.6. The molecule has 0 aliphatic heterocycles. The molecule has 14 heavy (non-hydrogen) atoms. The van der Waals surface area contributed by atoms with E-state index in [9.17, 15) is 0 Å². The fraction of sp³-hybridized carbons (Fsp3) is 0.846. The molecular weight excluding hydrogens is 184 g/mol. The van der Waals surface area contributed by atoms with Crippen molar-refractivity contribution >= 4 is 8.07 Å². The maximum Gasteiger partial charge on any atom is 0.0713 e. The Morgan fingerprint density at radius 1 is 0.929 bits per heavy atom. The minimum atomic E-state index is -0.952. The maximum atomic E-state index is 2.47. The quantitative estimate of drug-likeness (QED) is 0.384. The highest BCUT2D eigenvalue weighted by Crippen LogP contribution is 2.17. The van der Waals surface area contributed by atoms with Crippen LogP contribution in [0.2, 0.25) is 19.1 Å². The molecule has 0 atom stereocenters. The molecule has 0 heterocycles. The Bertz CT molecular complexity index is 147. The van der Waals surface area contributed by atoms with Crippen LogP contribution in [0.4, 0.5) is 0 Å². The third-order valence-corrected chi connectivity index (χ3v) is 5.67. The molecule has 0 aliphatic carbocycles. The van der Waals surface area contributed by atoms with E-state index in [1.54, 1.807) is 0 Å². The van der Waals surface area contributed by atoms with Gasteiger partial charge in [-0.15, -0.1) is 0 Å². The van der Waals surface area contributed by atoms with Gasteiger partial charge in [0.1, 0.15) is 0 Å². The van der Waals surface area contributed by atoms with Crippen molar-refractivity contribution < 1.29 is 0 Å². The lowest BCUT2D eigenvalue weighted by molar-refractivity contribution is 0.622. The van der Waals surface area contributed by atoms with Gasteiger partial charge in [0.2, 0.25) is 0 Å². The van der Waals surface area contributed by atoms with Crippen molar-refractivity contribution in [1.82, 2.24) is 0 Å². The summed E-state index contributed by atoms with van der Waals surface area (Å²) in [5.41, 5.74) is 2.47. The van der Waals surface area contributed by atoms with Crippen molar-refractivity contribution in [2.24, 2.45) is 0 Å². The van der Waals surface area contributed by atoms with Gasteiger partial charge in [0.25, 0.3) is 0 Å². The summed E-state index contributed by atoms with van der Waals surface area (Å²) < 4.78 is 0. The molecule has 0 radical (unpaired) electrons. The molecule has 0 aliphatic rings. The predicted molar refractivity (Wildman–Crippen MR) is 70.5 cm³/mol. The second kappa shape index (κ2) is 8.28. The van der Waals surface area contributed by atoms with Crippen molar-refractivity contribution in [2.45, 2.75) is 71.5 Å². The molecule has 0 spiro atoms. The molecular formula is C13H28Si. The number of rotatable bonds is 8. The van der Waals surface area contributed by atoms with E-state index in [-0.39, 0.29) is 0 Å². The van der Waals surface area contributed by atoms with Crippen molar-refractivity contribution in [3.05, 3.63) is 11.8 Å². The highest BCUT2D eigenvalue weighted by molar-refractivity contribution is 6.82. The lowest BCUT2D eigenvalue weighted by Gasteiger charge is -2.16. The molecule has 0 amide bonds. The zero-order chi connectivity index (χ0) is 10.9. The van der Waals surface area contributed by atoms with Gasteiger partial charge in [-0.2, -0.15) is 0 Å². The zero-order valence-electron chi connectivity index (χ0n) is 10.6. The van der Waals surface area contributed by atoms with Crippen LogP contribution < -0.4 is 0 Å². The van der Waals surface area contributed by atoms with Crippen LogP contribution in [0.15, 0.2) is 11.8 Å². The fourth-order valence-corrected chi connectivity index (χ4v) is 4.13. The van der Waals surface area contributed by atoms with Gasteiger partial charge in [-0.3, -0.25) is 0 Å². The van der Waals surface area contributed by atoms with Crippen LogP contribution in [0.3, 0.4) is 0 Å². The molecule has 0 aromatic carbocycles. The molecule has 0 aromatic heterocycles. The molecule has 1 heteroatoms. The van der Waals surface area contributed by atoms with Crippen molar-refractivity contribution in [2.75, 3.05) is 0 Å². The maximum absolute atomic E-state index is 2.47. The van der Waals surface area contributed by atoms with Crippen molar-refractivity contribution in [3.8, 4) is 0 Å². The van der Waals surface area contributed by atoms with Crippen molar-refractivity contribution in [3.63, 3.8) is 0 Å². The SMILES string of the molecule is CC=C[Si](C)(C)CCCCCCCC. The van der Waals surface area contributed by atoms with Gasteiger partial charge in [0.15, 0.2) is 0 Å². The third kappa shape index (κ3) is 8.55. The summed E-state index contributed by atoms with van der Waals surface area (Å²) in [7, 11) is -0.952. The molecule has 0 bridgehead atoms. The van der Waals surface area contributed by atoms with Gasteiger partial charge < -0.3 is 0 Å². The molecule has 0 aromatic rings. The Balaban J connectivity index is 3.35. The van der Waals surface area contributed by atoms with E-state index in [0.29, 0.717) is 0 Å². The van der Waals surface area contributed by atoms with Gasteiger partial charge in [0, 0.05) is 0 Å². The Kier molecular flexibility index (Phi) is 8.25. The average molecular weight is 212 g/mol. The Labute approximate surface area is 91.8 Å². The van der Waals surface area contributed by atoms with Crippen LogP contribution in [-0.4, -0.2) is 8.07 Å². The van der Waals surface area contributed by atoms with E-state index in [1.807, 2.05) is 0 Å². The first-order chi connectivity index (χ1) is 6.62. The Morgan fingerprint density at radius 2 is 1.50 bits per heavy atom. The Hall–Kier alpha value is -0.0431. The van der Waals surface area contributed by atoms with Gasteiger partial charge in [-0.1, -0.05) is 76.4 Å². The minimum Gasteiger partial charge on any atom is -0.0989 e. The van der Waals surface area contributed by atoms with Crippen LogP contribution in [-0.2, 0) is 0 Å². The lowest BCUT2D eigenvalue weighted by Crippen LogP contribution is -2.21. The fourth-order valence-electron chi connectivity index (χ4n) is 1.90. The Morgan fingerprint density at radius 3 is 2.07 bits per heavy atom.